The normalized spacial score (nSPS) is 17.1. The molecule has 0 aromatic heterocycles. The predicted octanol–water partition coefficient (Wildman–Crippen LogP) is 1.53. The highest BCUT2D eigenvalue weighted by molar-refractivity contribution is 6.30. The number of unbranched alkanes of at least 4 members (excludes halogenated alkanes) is 1. The summed E-state index contributed by atoms with van der Waals surface area (Å²) in [6, 6.07) is 5.37. The molecule has 0 saturated heterocycles. The minimum atomic E-state index is -0.465. The largest absolute Gasteiger partial charge is 0.480 e. The van der Waals surface area contributed by atoms with Crippen LogP contribution in [0.5, 0.6) is 5.75 Å². The van der Waals surface area contributed by atoms with E-state index in [9.17, 15) is 4.79 Å². The lowest BCUT2D eigenvalue weighted by molar-refractivity contribution is -0.127. The van der Waals surface area contributed by atoms with Crippen LogP contribution in [0.2, 0.25) is 5.02 Å². The Hall–Kier alpha value is -1.26. The van der Waals surface area contributed by atoms with Crippen LogP contribution in [0.25, 0.3) is 0 Å². The topological polar surface area (TPSA) is 58.6 Å². The first kappa shape index (κ1) is 13.2. The van der Waals surface area contributed by atoms with E-state index in [4.69, 9.17) is 21.4 Å². The van der Waals surface area contributed by atoms with Gasteiger partial charge >= 0.3 is 0 Å². The van der Waals surface area contributed by atoms with Crippen molar-refractivity contribution in [3.05, 3.63) is 28.8 Å². The minimum absolute atomic E-state index is 0.111. The van der Waals surface area contributed by atoms with Crippen LogP contribution in [0.3, 0.4) is 0 Å². The van der Waals surface area contributed by atoms with E-state index in [0.29, 0.717) is 24.4 Å². The first-order chi connectivity index (χ1) is 8.70. The molecular weight excluding hydrogens is 254 g/mol. The standard InChI is InChI=1S/C13H16ClNO3/c14-10-3-4-11-9(7-10)8-12(18-11)13(17)15-5-1-2-6-16/h3-4,7,12,16H,1-2,5-6,8H2,(H,15,17). The number of aliphatic hydroxyl groups is 1. The molecule has 1 aliphatic heterocycles. The number of aliphatic hydroxyl groups excluding tert-OH is 1. The first-order valence-corrected chi connectivity index (χ1v) is 6.42. The SMILES string of the molecule is O=C(NCCCCO)C1Cc2cc(Cl)ccc2O1. The maximum Gasteiger partial charge on any atom is 0.261 e. The van der Waals surface area contributed by atoms with Crippen molar-refractivity contribution >= 4 is 17.5 Å². The summed E-state index contributed by atoms with van der Waals surface area (Å²) in [5.41, 5.74) is 0.970. The van der Waals surface area contributed by atoms with E-state index in [1.54, 1.807) is 12.1 Å². The lowest BCUT2D eigenvalue weighted by Crippen LogP contribution is -2.37. The quantitative estimate of drug-likeness (QED) is 0.797. The van der Waals surface area contributed by atoms with E-state index in [1.807, 2.05) is 6.07 Å². The zero-order chi connectivity index (χ0) is 13.0. The molecule has 1 aromatic carbocycles. The number of nitrogens with one attached hydrogen (secondary N) is 1. The smallest absolute Gasteiger partial charge is 0.261 e. The van der Waals surface area contributed by atoms with Crippen LogP contribution in [0.15, 0.2) is 18.2 Å². The summed E-state index contributed by atoms with van der Waals surface area (Å²) >= 11 is 5.89. The maximum atomic E-state index is 11.8. The second-order valence-corrected chi connectivity index (χ2v) is 4.72. The Morgan fingerprint density at radius 3 is 3.11 bits per heavy atom. The Balaban J connectivity index is 1.84. The molecule has 1 amide bonds. The summed E-state index contributed by atoms with van der Waals surface area (Å²) in [4.78, 5) is 11.8. The van der Waals surface area contributed by atoms with Gasteiger partial charge in [0.2, 0.25) is 0 Å². The number of amides is 1. The van der Waals surface area contributed by atoms with Gasteiger partial charge in [-0.15, -0.1) is 0 Å². The zero-order valence-electron chi connectivity index (χ0n) is 9.99. The molecule has 0 bridgehead atoms. The highest BCUT2D eigenvalue weighted by Gasteiger charge is 2.28. The number of hydrogen-bond donors (Lipinski definition) is 2. The second kappa shape index (κ2) is 6.07. The lowest BCUT2D eigenvalue weighted by Gasteiger charge is -2.10. The number of halogens is 1. The molecular formula is C13H16ClNO3. The molecule has 0 aliphatic carbocycles. The number of rotatable bonds is 5. The third-order valence-corrected chi connectivity index (χ3v) is 3.11. The van der Waals surface area contributed by atoms with Crippen molar-refractivity contribution in [1.29, 1.82) is 0 Å². The van der Waals surface area contributed by atoms with Crippen LogP contribution < -0.4 is 10.1 Å². The summed E-state index contributed by atoms with van der Waals surface area (Å²) in [5, 5.41) is 12.1. The first-order valence-electron chi connectivity index (χ1n) is 6.04. The summed E-state index contributed by atoms with van der Waals surface area (Å²) < 4.78 is 5.56. The van der Waals surface area contributed by atoms with Crippen molar-refractivity contribution in [2.24, 2.45) is 0 Å². The molecule has 0 fully saturated rings. The van der Waals surface area contributed by atoms with Crippen LogP contribution in [0.1, 0.15) is 18.4 Å². The van der Waals surface area contributed by atoms with Gasteiger partial charge in [0.1, 0.15) is 5.75 Å². The van der Waals surface area contributed by atoms with Gasteiger partial charge in [-0.2, -0.15) is 0 Å². The van der Waals surface area contributed by atoms with E-state index in [2.05, 4.69) is 5.32 Å². The molecule has 2 N–H and O–H groups in total. The van der Waals surface area contributed by atoms with Gasteiger partial charge in [0.05, 0.1) is 0 Å². The average molecular weight is 270 g/mol. The van der Waals surface area contributed by atoms with Gasteiger partial charge in [-0.05, 0) is 36.6 Å². The average Bonchev–Trinajstić information content (AvgIpc) is 2.77. The molecule has 1 unspecified atom stereocenters. The molecule has 0 spiro atoms. The van der Waals surface area contributed by atoms with E-state index in [0.717, 1.165) is 17.7 Å². The zero-order valence-corrected chi connectivity index (χ0v) is 10.7. The molecule has 4 nitrogen and oxygen atoms in total. The van der Waals surface area contributed by atoms with Gasteiger partial charge in [0, 0.05) is 24.6 Å². The summed E-state index contributed by atoms with van der Waals surface area (Å²) in [6.07, 6.45) is 1.56. The van der Waals surface area contributed by atoms with Crippen LogP contribution in [0, 0.1) is 0 Å². The molecule has 98 valence electrons. The van der Waals surface area contributed by atoms with Crippen LogP contribution >= 0.6 is 11.6 Å². The third kappa shape index (κ3) is 3.15. The van der Waals surface area contributed by atoms with E-state index in [-0.39, 0.29) is 12.5 Å². The van der Waals surface area contributed by atoms with E-state index < -0.39 is 6.10 Å². The molecule has 0 radical (unpaired) electrons. The molecule has 2 rings (SSSR count). The van der Waals surface area contributed by atoms with Gasteiger partial charge in [-0.3, -0.25) is 4.79 Å². The van der Waals surface area contributed by atoms with Crippen molar-refractivity contribution in [2.75, 3.05) is 13.2 Å². The lowest BCUT2D eigenvalue weighted by atomic mass is 10.1. The van der Waals surface area contributed by atoms with Crippen LogP contribution in [-0.4, -0.2) is 30.3 Å². The Kier molecular flexibility index (Phi) is 4.44. The number of hydrogen-bond acceptors (Lipinski definition) is 3. The number of carbonyl (C=O) groups excluding carboxylic acids is 1. The highest BCUT2D eigenvalue weighted by Crippen LogP contribution is 2.31. The summed E-state index contributed by atoms with van der Waals surface area (Å²) in [5.74, 6) is 0.621. The molecule has 0 saturated carbocycles. The highest BCUT2D eigenvalue weighted by atomic mass is 35.5. The van der Waals surface area contributed by atoms with Crippen molar-refractivity contribution < 1.29 is 14.6 Å². The van der Waals surface area contributed by atoms with Crippen molar-refractivity contribution in [3.8, 4) is 5.75 Å². The van der Waals surface area contributed by atoms with Crippen LogP contribution in [-0.2, 0) is 11.2 Å². The third-order valence-electron chi connectivity index (χ3n) is 2.87. The van der Waals surface area contributed by atoms with Crippen molar-refractivity contribution in [3.63, 3.8) is 0 Å². The predicted molar refractivity (Wildman–Crippen MR) is 68.9 cm³/mol. The Morgan fingerprint density at radius 2 is 2.33 bits per heavy atom. The van der Waals surface area contributed by atoms with Crippen molar-refractivity contribution in [1.82, 2.24) is 5.32 Å². The molecule has 1 heterocycles. The van der Waals surface area contributed by atoms with Crippen molar-refractivity contribution in [2.45, 2.75) is 25.4 Å². The van der Waals surface area contributed by atoms with Gasteiger partial charge in [0.15, 0.2) is 6.10 Å². The number of ether oxygens (including phenoxy) is 1. The van der Waals surface area contributed by atoms with Gasteiger partial charge < -0.3 is 15.2 Å². The summed E-state index contributed by atoms with van der Waals surface area (Å²) in [7, 11) is 0. The maximum absolute atomic E-state index is 11.8. The Labute approximate surface area is 111 Å². The Bertz CT molecular complexity index is 436. The minimum Gasteiger partial charge on any atom is -0.480 e. The molecule has 5 heteroatoms. The Morgan fingerprint density at radius 1 is 1.50 bits per heavy atom. The van der Waals surface area contributed by atoms with Gasteiger partial charge in [-0.25, -0.2) is 0 Å². The molecule has 1 aromatic rings. The fraction of sp³-hybridized carbons (Fsp3) is 0.462. The van der Waals surface area contributed by atoms with Gasteiger partial charge in [-0.1, -0.05) is 11.6 Å². The second-order valence-electron chi connectivity index (χ2n) is 4.28. The molecule has 1 atom stereocenters. The monoisotopic (exact) mass is 269 g/mol. The molecule has 18 heavy (non-hydrogen) atoms. The number of benzene rings is 1. The fourth-order valence-corrected chi connectivity index (χ4v) is 2.12. The fourth-order valence-electron chi connectivity index (χ4n) is 1.93. The number of carbonyl (C=O) groups is 1. The van der Waals surface area contributed by atoms with E-state index >= 15 is 0 Å². The van der Waals surface area contributed by atoms with E-state index in [1.165, 1.54) is 0 Å². The van der Waals surface area contributed by atoms with Gasteiger partial charge in [0.25, 0.3) is 5.91 Å². The molecule has 1 aliphatic rings. The van der Waals surface area contributed by atoms with Crippen LogP contribution in [0.4, 0.5) is 0 Å². The summed E-state index contributed by atoms with van der Waals surface area (Å²) in [6.45, 7) is 0.718. The number of fused-ring (bicyclic) bond motifs is 1.